The highest BCUT2D eigenvalue weighted by atomic mass is 79.9. The van der Waals surface area contributed by atoms with Gasteiger partial charge >= 0.3 is 5.97 Å². The van der Waals surface area contributed by atoms with Crippen LogP contribution in [0.3, 0.4) is 0 Å². The first kappa shape index (κ1) is 15.3. The van der Waals surface area contributed by atoms with Crippen LogP contribution in [0, 0.1) is 0 Å². The Hall–Kier alpha value is -2.07. The van der Waals surface area contributed by atoms with E-state index in [1.54, 1.807) is 7.11 Å². The summed E-state index contributed by atoms with van der Waals surface area (Å²) in [5, 5.41) is 0. The Morgan fingerprint density at radius 3 is 2.05 bits per heavy atom. The summed E-state index contributed by atoms with van der Waals surface area (Å²) in [4.78, 5) is 12.1. The number of benzene rings is 2. The Balaban J connectivity index is 2.54. The van der Waals surface area contributed by atoms with Crippen LogP contribution >= 0.6 is 15.9 Å². The van der Waals surface area contributed by atoms with Crippen LogP contribution in [0.15, 0.2) is 54.6 Å². The van der Waals surface area contributed by atoms with E-state index in [4.69, 9.17) is 9.47 Å². The highest BCUT2D eigenvalue weighted by Gasteiger charge is 2.18. The van der Waals surface area contributed by atoms with E-state index in [0.717, 1.165) is 16.9 Å². The molecule has 0 atom stereocenters. The van der Waals surface area contributed by atoms with E-state index in [0.29, 0.717) is 10.1 Å². The topological polar surface area (TPSA) is 35.5 Å². The van der Waals surface area contributed by atoms with E-state index in [-0.39, 0.29) is 0 Å². The van der Waals surface area contributed by atoms with Gasteiger partial charge in [0.25, 0.3) is 0 Å². The van der Waals surface area contributed by atoms with Crippen LogP contribution in [0.1, 0.15) is 11.1 Å². The highest BCUT2D eigenvalue weighted by Crippen LogP contribution is 2.32. The zero-order chi connectivity index (χ0) is 15.2. The fourth-order valence-electron chi connectivity index (χ4n) is 1.92. The molecule has 3 nitrogen and oxygen atoms in total. The summed E-state index contributed by atoms with van der Waals surface area (Å²) in [6, 6.07) is 16.9. The van der Waals surface area contributed by atoms with Crippen LogP contribution in [0.5, 0.6) is 5.75 Å². The molecule has 0 bridgehead atoms. The first-order valence-corrected chi connectivity index (χ1v) is 7.14. The molecule has 4 heteroatoms. The van der Waals surface area contributed by atoms with Gasteiger partial charge in [0.2, 0.25) is 0 Å². The molecule has 2 rings (SSSR count). The van der Waals surface area contributed by atoms with Crippen molar-refractivity contribution in [2.24, 2.45) is 0 Å². The summed E-state index contributed by atoms with van der Waals surface area (Å²) in [6.45, 7) is 0. The summed E-state index contributed by atoms with van der Waals surface area (Å²) in [6.07, 6.45) is 0. The maximum absolute atomic E-state index is 12.1. The molecule has 0 aliphatic heterocycles. The van der Waals surface area contributed by atoms with Crippen molar-refractivity contribution in [2.45, 2.75) is 0 Å². The third-order valence-corrected chi connectivity index (χ3v) is 3.87. The zero-order valence-electron chi connectivity index (χ0n) is 11.8. The van der Waals surface area contributed by atoms with Gasteiger partial charge in [0.05, 0.1) is 19.8 Å². The molecule has 0 unspecified atom stereocenters. The van der Waals surface area contributed by atoms with Crippen molar-refractivity contribution in [3.63, 3.8) is 0 Å². The summed E-state index contributed by atoms with van der Waals surface area (Å²) in [5.41, 5.74) is 2.15. The van der Waals surface area contributed by atoms with E-state index < -0.39 is 5.97 Å². The second-order valence-corrected chi connectivity index (χ2v) is 5.07. The Kier molecular flexibility index (Phi) is 5.17. The van der Waals surface area contributed by atoms with Crippen LogP contribution in [0.2, 0.25) is 0 Å². The van der Waals surface area contributed by atoms with Gasteiger partial charge in [0, 0.05) is 4.48 Å². The van der Waals surface area contributed by atoms with Crippen molar-refractivity contribution in [2.75, 3.05) is 14.2 Å². The van der Waals surface area contributed by atoms with Crippen LogP contribution < -0.4 is 4.74 Å². The van der Waals surface area contributed by atoms with Crippen molar-refractivity contribution in [3.8, 4) is 5.75 Å². The molecule has 21 heavy (non-hydrogen) atoms. The number of esters is 1. The van der Waals surface area contributed by atoms with Gasteiger partial charge in [0.15, 0.2) is 0 Å². The maximum Gasteiger partial charge on any atom is 0.339 e. The van der Waals surface area contributed by atoms with E-state index in [1.807, 2.05) is 54.6 Å². The summed E-state index contributed by atoms with van der Waals surface area (Å²) < 4.78 is 10.7. The lowest BCUT2D eigenvalue weighted by Crippen LogP contribution is -2.05. The zero-order valence-corrected chi connectivity index (χ0v) is 13.4. The Morgan fingerprint density at radius 1 is 0.905 bits per heavy atom. The number of rotatable bonds is 4. The SMILES string of the molecule is COC(=O)/C(=C(/Br)c1ccccc1)c1ccc(OC)cc1. The number of hydrogen-bond donors (Lipinski definition) is 0. The minimum atomic E-state index is -0.393. The maximum atomic E-state index is 12.1. The Morgan fingerprint density at radius 2 is 1.52 bits per heavy atom. The smallest absolute Gasteiger partial charge is 0.339 e. The number of hydrogen-bond acceptors (Lipinski definition) is 3. The lowest BCUT2D eigenvalue weighted by atomic mass is 10.0. The summed E-state index contributed by atoms with van der Waals surface area (Å²) in [7, 11) is 2.98. The summed E-state index contributed by atoms with van der Waals surface area (Å²) >= 11 is 3.51. The van der Waals surface area contributed by atoms with Crippen LogP contribution in [0.4, 0.5) is 0 Å². The molecule has 0 saturated heterocycles. The lowest BCUT2D eigenvalue weighted by Gasteiger charge is -2.10. The number of halogens is 1. The minimum absolute atomic E-state index is 0.393. The van der Waals surface area contributed by atoms with Crippen molar-refractivity contribution in [1.29, 1.82) is 0 Å². The number of ether oxygens (including phenoxy) is 2. The fraction of sp³-hybridized carbons (Fsp3) is 0.118. The van der Waals surface area contributed by atoms with E-state index in [1.165, 1.54) is 7.11 Å². The average Bonchev–Trinajstić information content (AvgIpc) is 2.56. The predicted octanol–water partition coefficient (Wildman–Crippen LogP) is 4.13. The molecule has 0 heterocycles. The quantitative estimate of drug-likeness (QED) is 0.474. The Bertz CT molecular complexity index is 645. The second-order valence-electron chi connectivity index (χ2n) is 4.28. The molecule has 0 aromatic heterocycles. The molecule has 0 saturated carbocycles. The number of carbonyl (C=O) groups excluding carboxylic acids is 1. The molecular formula is C17H15BrO3. The van der Waals surface area contributed by atoms with E-state index >= 15 is 0 Å². The molecule has 2 aromatic rings. The molecule has 0 fully saturated rings. The lowest BCUT2D eigenvalue weighted by molar-refractivity contribution is -0.133. The normalized spacial score (nSPS) is 11.6. The molecule has 0 N–H and O–H groups in total. The third-order valence-electron chi connectivity index (χ3n) is 3.01. The van der Waals surface area contributed by atoms with Gasteiger partial charge in [-0.05, 0) is 39.2 Å². The minimum Gasteiger partial charge on any atom is -0.497 e. The van der Waals surface area contributed by atoms with Gasteiger partial charge in [-0.2, -0.15) is 0 Å². The predicted molar refractivity (Wildman–Crippen MR) is 87.2 cm³/mol. The average molecular weight is 347 g/mol. The molecule has 0 aliphatic rings. The highest BCUT2D eigenvalue weighted by molar-refractivity contribution is 9.15. The largest absolute Gasteiger partial charge is 0.497 e. The first-order valence-electron chi connectivity index (χ1n) is 6.35. The molecule has 0 amide bonds. The molecule has 0 aliphatic carbocycles. The molecule has 2 aromatic carbocycles. The van der Waals surface area contributed by atoms with Crippen LogP contribution in [-0.4, -0.2) is 20.2 Å². The van der Waals surface area contributed by atoms with Gasteiger partial charge in [-0.3, -0.25) is 0 Å². The van der Waals surface area contributed by atoms with Crippen molar-refractivity contribution < 1.29 is 14.3 Å². The molecule has 0 spiro atoms. The fourth-order valence-corrected chi connectivity index (χ4v) is 2.58. The van der Waals surface area contributed by atoms with Gasteiger partial charge in [-0.1, -0.05) is 42.5 Å². The van der Waals surface area contributed by atoms with Crippen LogP contribution in [0.25, 0.3) is 10.1 Å². The number of methoxy groups -OCH3 is 2. The molecule has 108 valence electrons. The van der Waals surface area contributed by atoms with Crippen LogP contribution in [-0.2, 0) is 9.53 Å². The molecule has 0 radical (unpaired) electrons. The van der Waals surface area contributed by atoms with E-state index in [2.05, 4.69) is 15.9 Å². The third kappa shape index (κ3) is 3.52. The van der Waals surface area contributed by atoms with Crippen molar-refractivity contribution in [1.82, 2.24) is 0 Å². The second kappa shape index (κ2) is 7.09. The van der Waals surface area contributed by atoms with Gasteiger partial charge in [-0.25, -0.2) is 4.79 Å². The molecular weight excluding hydrogens is 332 g/mol. The Labute approximate surface area is 132 Å². The summed E-state index contributed by atoms with van der Waals surface area (Å²) in [5.74, 6) is 0.342. The van der Waals surface area contributed by atoms with Crippen molar-refractivity contribution in [3.05, 3.63) is 65.7 Å². The number of carbonyl (C=O) groups is 1. The monoisotopic (exact) mass is 346 g/mol. The van der Waals surface area contributed by atoms with Gasteiger partial charge in [0.1, 0.15) is 5.75 Å². The van der Waals surface area contributed by atoms with Crippen molar-refractivity contribution >= 4 is 32.0 Å². The van der Waals surface area contributed by atoms with Gasteiger partial charge < -0.3 is 9.47 Å². The van der Waals surface area contributed by atoms with E-state index in [9.17, 15) is 4.79 Å². The van der Waals surface area contributed by atoms with Gasteiger partial charge in [-0.15, -0.1) is 0 Å². The standard InChI is InChI=1S/C17H15BrO3/c1-20-14-10-8-12(9-11-14)15(17(19)21-2)16(18)13-6-4-3-5-7-13/h3-11H,1-2H3/b16-15+. The first-order chi connectivity index (χ1) is 10.2.